The number of amides is 1. The topological polar surface area (TPSA) is 55.3 Å². The fourth-order valence-corrected chi connectivity index (χ4v) is 4.29. The van der Waals surface area contributed by atoms with Crippen molar-refractivity contribution >= 4 is 28.1 Å². The van der Waals surface area contributed by atoms with Crippen LogP contribution in [-0.4, -0.2) is 40.0 Å². The van der Waals surface area contributed by atoms with Crippen LogP contribution in [0.15, 0.2) is 36.5 Å². The molecule has 3 heterocycles. The van der Waals surface area contributed by atoms with Gasteiger partial charge in [-0.1, -0.05) is 18.2 Å². The zero-order chi connectivity index (χ0) is 18.1. The number of aromatic nitrogens is 2. The van der Waals surface area contributed by atoms with Crippen LogP contribution in [0.2, 0.25) is 0 Å². The molecule has 0 unspecified atom stereocenters. The van der Waals surface area contributed by atoms with Crippen LogP contribution in [0.5, 0.6) is 5.75 Å². The van der Waals surface area contributed by atoms with E-state index in [1.165, 1.54) is 11.3 Å². The minimum atomic E-state index is 0.0957. The molecule has 1 saturated heterocycles. The molecule has 5 nitrogen and oxygen atoms in total. The molecule has 0 aliphatic carbocycles. The van der Waals surface area contributed by atoms with Gasteiger partial charge in [0.05, 0.1) is 10.7 Å². The van der Waals surface area contributed by atoms with E-state index in [1.807, 2.05) is 49.1 Å². The summed E-state index contributed by atoms with van der Waals surface area (Å²) in [5.41, 5.74) is 1.72. The molecule has 134 valence electrons. The lowest BCUT2D eigenvalue weighted by molar-refractivity contribution is 0.0601. The first-order valence-corrected chi connectivity index (χ1v) is 9.67. The summed E-state index contributed by atoms with van der Waals surface area (Å²) in [5, 5.41) is 2.01. The number of benzene rings is 1. The van der Waals surface area contributed by atoms with Crippen molar-refractivity contribution in [2.75, 3.05) is 13.1 Å². The molecule has 1 amide bonds. The zero-order valence-corrected chi connectivity index (χ0v) is 15.8. The minimum Gasteiger partial charge on any atom is -0.488 e. The first-order chi connectivity index (χ1) is 12.6. The highest BCUT2D eigenvalue weighted by atomic mass is 32.1. The SMILES string of the molecule is Cc1nc(C)c(C(=O)N2CCC(Oc3cccc4cccnc34)CC2)s1. The second-order valence-electron chi connectivity index (χ2n) is 6.59. The number of nitrogens with zero attached hydrogens (tertiary/aromatic N) is 3. The molecule has 0 atom stereocenters. The summed E-state index contributed by atoms with van der Waals surface area (Å²) in [5.74, 6) is 0.917. The third kappa shape index (κ3) is 3.29. The first-order valence-electron chi connectivity index (χ1n) is 8.85. The molecule has 3 aromatic rings. The van der Waals surface area contributed by atoms with E-state index in [9.17, 15) is 4.79 Å². The molecule has 4 rings (SSSR count). The van der Waals surface area contributed by atoms with E-state index in [0.29, 0.717) is 13.1 Å². The average molecular weight is 367 g/mol. The number of rotatable bonds is 3. The van der Waals surface area contributed by atoms with Crippen molar-refractivity contribution in [3.8, 4) is 5.75 Å². The standard InChI is InChI=1S/C20H21N3O2S/c1-13-19(26-14(2)22-13)20(24)23-11-8-16(9-12-23)25-17-7-3-5-15-6-4-10-21-18(15)17/h3-7,10,16H,8-9,11-12H2,1-2H3. The van der Waals surface area contributed by atoms with E-state index in [0.717, 1.165) is 45.1 Å². The Morgan fingerprint density at radius 3 is 2.69 bits per heavy atom. The predicted octanol–water partition coefficient (Wildman–Crippen LogP) is 3.99. The quantitative estimate of drug-likeness (QED) is 0.702. The minimum absolute atomic E-state index is 0.0957. The number of hydrogen-bond donors (Lipinski definition) is 0. The Morgan fingerprint density at radius 1 is 1.19 bits per heavy atom. The lowest BCUT2D eigenvalue weighted by atomic mass is 10.1. The maximum Gasteiger partial charge on any atom is 0.265 e. The van der Waals surface area contributed by atoms with Gasteiger partial charge in [0.1, 0.15) is 22.2 Å². The van der Waals surface area contributed by atoms with Crippen LogP contribution in [-0.2, 0) is 0 Å². The van der Waals surface area contributed by atoms with Crippen LogP contribution in [0.1, 0.15) is 33.2 Å². The molecule has 26 heavy (non-hydrogen) atoms. The third-order valence-corrected chi connectivity index (χ3v) is 5.78. The highest BCUT2D eigenvalue weighted by Gasteiger charge is 2.27. The van der Waals surface area contributed by atoms with Gasteiger partial charge in [0.2, 0.25) is 0 Å². The number of thiazole rings is 1. The summed E-state index contributed by atoms with van der Waals surface area (Å²) in [4.78, 5) is 24.2. The van der Waals surface area contributed by atoms with Crippen molar-refractivity contribution in [1.29, 1.82) is 0 Å². The summed E-state index contributed by atoms with van der Waals surface area (Å²) in [6.45, 7) is 5.25. The summed E-state index contributed by atoms with van der Waals surface area (Å²) in [6.07, 6.45) is 3.55. The number of carbonyl (C=O) groups excluding carboxylic acids is 1. The van der Waals surface area contributed by atoms with E-state index in [-0.39, 0.29) is 12.0 Å². The van der Waals surface area contributed by atoms with E-state index in [2.05, 4.69) is 9.97 Å². The number of fused-ring (bicyclic) bond motifs is 1. The Bertz CT molecular complexity index is 940. The largest absolute Gasteiger partial charge is 0.488 e. The van der Waals surface area contributed by atoms with Gasteiger partial charge in [0, 0.05) is 37.5 Å². The highest BCUT2D eigenvalue weighted by molar-refractivity contribution is 7.13. The molecule has 0 radical (unpaired) electrons. The molecule has 0 N–H and O–H groups in total. The van der Waals surface area contributed by atoms with Crippen LogP contribution in [0.25, 0.3) is 10.9 Å². The predicted molar refractivity (Wildman–Crippen MR) is 103 cm³/mol. The van der Waals surface area contributed by atoms with Gasteiger partial charge in [-0.2, -0.15) is 0 Å². The van der Waals surface area contributed by atoms with Crippen LogP contribution in [0.4, 0.5) is 0 Å². The first kappa shape index (κ1) is 17.0. The summed E-state index contributed by atoms with van der Waals surface area (Å²) in [6, 6.07) is 9.97. The van der Waals surface area contributed by atoms with Gasteiger partial charge in [0.25, 0.3) is 5.91 Å². The Morgan fingerprint density at radius 2 is 1.96 bits per heavy atom. The Kier molecular flexibility index (Phi) is 4.59. The number of piperidine rings is 1. The maximum atomic E-state index is 12.7. The Balaban J connectivity index is 1.42. The van der Waals surface area contributed by atoms with Gasteiger partial charge in [0.15, 0.2) is 0 Å². The molecule has 1 fully saturated rings. The lowest BCUT2D eigenvalue weighted by Crippen LogP contribution is -2.41. The van der Waals surface area contributed by atoms with E-state index < -0.39 is 0 Å². The van der Waals surface area contributed by atoms with Gasteiger partial charge < -0.3 is 9.64 Å². The van der Waals surface area contributed by atoms with Crippen LogP contribution in [0, 0.1) is 13.8 Å². The lowest BCUT2D eigenvalue weighted by Gasteiger charge is -2.32. The van der Waals surface area contributed by atoms with Crippen LogP contribution < -0.4 is 4.74 Å². The van der Waals surface area contributed by atoms with E-state index in [1.54, 1.807) is 6.20 Å². The molecule has 1 aliphatic heterocycles. The monoisotopic (exact) mass is 367 g/mol. The van der Waals surface area contributed by atoms with Crippen molar-refractivity contribution in [1.82, 2.24) is 14.9 Å². The molecule has 0 saturated carbocycles. The fourth-order valence-electron chi connectivity index (χ4n) is 3.40. The third-order valence-electron chi connectivity index (χ3n) is 4.72. The second-order valence-corrected chi connectivity index (χ2v) is 7.79. The van der Waals surface area contributed by atoms with E-state index >= 15 is 0 Å². The van der Waals surface area contributed by atoms with Crippen LogP contribution in [0.3, 0.4) is 0 Å². The molecule has 2 aromatic heterocycles. The Labute approximate surface area is 156 Å². The summed E-state index contributed by atoms with van der Waals surface area (Å²) >= 11 is 1.48. The fraction of sp³-hybridized carbons (Fsp3) is 0.350. The van der Waals surface area contributed by atoms with Crippen molar-refractivity contribution in [2.24, 2.45) is 0 Å². The van der Waals surface area contributed by atoms with Gasteiger partial charge in [-0.15, -0.1) is 11.3 Å². The smallest absolute Gasteiger partial charge is 0.265 e. The Hall–Kier alpha value is -2.47. The molecule has 0 spiro atoms. The number of aryl methyl sites for hydroxylation is 2. The normalized spacial score (nSPS) is 15.4. The van der Waals surface area contributed by atoms with Crippen molar-refractivity contribution in [2.45, 2.75) is 32.8 Å². The summed E-state index contributed by atoms with van der Waals surface area (Å²) in [7, 11) is 0. The van der Waals surface area contributed by atoms with Gasteiger partial charge >= 0.3 is 0 Å². The highest BCUT2D eigenvalue weighted by Crippen LogP contribution is 2.27. The molecule has 6 heteroatoms. The number of pyridine rings is 1. The molecule has 1 aliphatic rings. The van der Waals surface area contributed by atoms with Crippen molar-refractivity contribution in [3.63, 3.8) is 0 Å². The number of carbonyl (C=O) groups is 1. The summed E-state index contributed by atoms with van der Waals surface area (Å²) < 4.78 is 6.22. The van der Waals surface area contributed by atoms with Gasteiger partial charge in [-0.25, -0.2) is 4.98 Å². The molecule has 1 aromatic carbocycles. The maximum absolute atomic E-state index is 12.7. The second kappa shape index (κ2) is 7.03. The molecule has 0 bridgehead atoms. The van der Waals surface area contributed by atoms with Crippen molar-refractivity contribution in [3.05, 3.63) is 52.1 Å². The van der Waals surface area contributed by atoms with Gasteiger partial charge in [-0.05, 0) is 26.0 Å². The van der Waals surface area contributed by atoms with Crippen LogP contribution >= 0.6 is 11.3 Å². The average Bonchev–Trinajstić information content (AvgIpc) is 3.00. The van der Waals surface area contributed by atoms with Gasteiger partial charge in [-0.3, -0.25) is 9.78 Å². The number of hydrogen-bond acceptors (Lipinski definition) is 5. The number of likely N-dealkylation sites (tertiary alicyclic amines) is 1. The van der Waals surface area contributed by atoms with E-state index in [4.69, 9.17) is 4.74 Å². The molecular formula is C20H21N3O2S. The molecular weight excluding hydrogens is 346 g/mol. The van der Waals surface area contributed by atoms with Crippen molar-refractivity contribution < 1.29 is 9.53 Å². The number of para-hydroxylation sites is 1. The zero-order valence-electron chi connectivity index (χ0n) is 14.9. The number of ether oxygens (including phenoxy) is 1.